The number of hydrogen-bond donors (Lipinski definition) is 1. The zero-order valence-corrected chi connectivity index (χ0v) is 14.7. The van der Waals surface area contributed by atoms with Crippen molar-refractivity contribution >= 4 is 27.8 Å². The van der Waals surface area contributed by atoms with Crippen LogP contribution in [0.1, 0.15) is 35.4 Å². The fraction of sp³-hybridized carbons (Fsp3) is 0.375. The first-order valence-corrected chi connectivity index (χ1v) is 8.47. The molecule has 8 heteroatoms. The Kier molecular flexibility index (Phi) is 4.66. The summed E-state index contributed by atoms with van der Waals surface area (Å²) >= 11 is 3.41. The Labute approximate surface area is 147 Å². The second-order valence-corrected chi connectivity index (χ2v) is 6.72. The molecule has 1 amide bonds. The molecule has 126 valence electrons. The number of carbonyl (C=O) groups excluding carboxylic acids is 1. The van der Waals surface area contributed by atoms with E-state index in [1.807, 2.05) is 24.3 Å². The van der Waals surface area contributed by atoms with Crippen molar-refractivity contribution in [3.8, 4) is 5.69 Å². The highest BCUT2D eigenvalue weighted by molar-refractivity contribution is 9.10. The van der Waals surface area contributed by atoms with Gasteiger partial charge in [0.2, 0.25) is 0 Å². The van der Waals surface area contributed by atoms with Crippen molar-refractivity contribution < 1.29 is 14.7 Å². The Balaban J connectivity index is 1.88. The number of aliphatic carboxylic acids is 1. The Morgan fingerprint density at radius 2 is 2.21 bits per heavy atom. The van der Waals surface area contributed by atoms with Crippen molar-refractivity contribution in [2.24, 2.45) is 0 Å². The summed E-state index contributed by atoms with van der Waals surface area (Å²) in [5.74, 6) is -1.15. The van der Waals surface area contributed by atoms with Gasteiger partial charge in [0, 0.05) is 17.1 Å². The van der Waals surface area contributed by atoms with Crippen LogP contribution in [0.2, 0.25) is 0 Å². The van der Waals surface area contributed by atoms with Crippen LogP contribution in [-0.2, 0) is 4.79 Å². The molecule has 1 aromatic carbocycles. The van der Waals surface area contributed by atoms with E-state index in [-0.39, 0.29) is 24.1 Å². The minimum absolute atomic E-state index is 0.0371. The second-order valence-electron chi connectivity index (χ2n) is 5.81. The standard InChI is InChI=1S/C16H17BrN4O3/c1-10-15(16(24)20-7-3-6-12(20)9-14(22)23)18-19-21(10)13-5-2-4-11(17)8-13/h2,4-5,8,12H,3,6-7,9H2,1H3,(H,22,23). The maximum Gasteiger partial charge on any atom is 0.305 e. The summed E-state index contributed by atoms with van der Waals surface area (Å²) in [4.78, 5) is 25.4. The molecule has 1 aliphatic heterocycles. The Bertz CT molecular complexity index is 789. The Morgan fingerprint density at radius 1 is 1.42 bits per heavy atom. The molecular weight excluding hydrogens is 376 g/mol. The highest BCUT2D eigenvalue weighted by atomic mass is 79.9. The smallest absolute Gasteiger partial charge is 0.305 e. The largest absolute Gasteiger partial charge is 0.481 e. The number of benzene rings is 1. The van der Waals surface area contributed by atoms with Crippen LogP contribution in [0.3, 0.4) is 0 Å². The van der Waals surface area contributed by atoms with Gasteiger partial charge in [-0.3, -0.25) is 9.59 Å². The number of halogens is 1. The van der Waals surface area contributed by atoms with E-state index in [1.165, 1.54) is 0 Å². The molecular formula is C16H17BrN4O3. The van der Waals surface area contributed by atoms with Crippen LogP contribution in [0, 0.1) is 6.92 Å². The lowest BCUT2D eigenvalue weighted by Gasteiger charge is -2.22. The highest BCUT2D eigenvalue weighted by Gasteiger charge is 2.33. The molecule has 0 spiro atoms. The van der Waals surface area contributed by atoms with Gasteiger partial charge in [-0.15, -0.1) is 5.10 Å². The first kappa shape index (κ1) is 16.6. The van der Waals surface area contributed by atoms with Gasteiger partial charge in [-0.2, -0.15) is 0 Å². The first-order valence-electron chi connectivity index (χ1n) is 7.68. The van der Waals surface area contributed by atoms with Crippen LogP contribution >= 0.6 is 15.9 Å². The summed E-state index contributed by atoms with van der Waals surface area (Å²) in [7, 11) is 0. The summed E-state index contributed by atoms with van der Waals surface area (Å²) in [5, 5.41) is 17.1. The number of hydrogen-bond acceptors (Lipinski definition) is 4. The van der Waals surface area contributed by atoms with Crippen LogP contribution in [-0.4, -0.2) is 49.5 Å². The number of nitrogens with zero attached hydrogens (tertiary/aromatic N) is 4. The number of carboxylic acid groups (broad SMARTS) is 1. The van der Waals surface area contributed by atoms with Gasteiger partial charge < -0.3 is 10.0 Å². The maximum absolute atomic E-state index is 12.8. The summed E-state index contributed by atoms with van der Waals surface area (Å²) in [5.41, 5.74) is 1.71. The third kappa shape index (κ3) is 3.19. The van der Waals surface area contributed by atoms with Crippen LogP contribution < -0.4 is 0 Å². The van der Waals surface area contributed by atoms with Gasteiger partial charge in [-0.05, 0) is 38.0 Å². The van der Waals surface area contributed by atoms with Crippen molar-refractivity contribution in [2.45, 2.75) is 32.2 Å². The monoisotopic (exact) mass is 392 g/mol. The average Bonchev–Trinajstić information content (AvgIpc) is 3.13. The third-order valence-electron chi connectivity index (χ3n) is 4.20. The number of likely N-dealkylation sites (tertiary alicyclic amines) is 1. The van der Waals surface area contributed by atoms with Crippen LogP contribution in [0.5, 0.6) is 0 Å². The van der Waals surface area contributed by atoms with E-state index in [9.17, 15) is 9.59 Å². The Hall–Kier alpha value is -2.22. The molecule has 1 atom stereocenters. The molecule has 0 bridgehead atoms. The van der Waals surface area contributed by atoms with Gasteiger partial charge in [0.15, 0.2) is 5.69 Å². The Morgan fingerprint density at radius 3 is 2.92 bits per heavy atom. The average molecular weight is 393 g/mol. The van der Waals surface area contributed by atoms with E-state index in [1.54, 1.807) is 16.5 Å². The molecule has 1 saturated heterocycles. The first-order chi connectivity index (χ1) is 11.5. The van der Waals surface area contributed by atoms with Crippen LogP contribution in [0.25, 0.3) is 5.69 Å². The minimum Gasteiger partial charge on any atom is -0.481 e. The van der Waals surface area contributed by atoms with Crippen molar-refractivity contribution in [3.05, 3.63) is 40.1 Å². The minimum atomic E-state index is -0.894. The van der Waals surface area contributed by atoms with E-state index in [0.717, 1.165) is 16.6 Å². The van der Waals surface area contributed by atoms with Gasteiger partial charge in [0.05, 0.1) is 17.8 Å². The lowest BCUT2D eigenvalue weighted by molar-refractivity contribution is -0.137. The molecule has 1 aliphatic rings. The van der Waals surface area contributed by atoms with Crippen molar-refractivity contribution in [1.82, 2.24) is 19.9 Å². The zero-order chi connectivity index (χ0) is 17.3. The molecule has 0 saturated carbocycles. The molecule has 0 radical (unpaired) electrons. The number of rotatable bonds is 4. The molecule has 2 aromatic rings. The highest BCUT2D eigenvalue weighted by Crippen LogP contribution is 2.24. The number of carboxylic acids is 1. The molecule has 1 fully saturated rings. The predicted molar refractivity (Wildman–Crippen MR) is 90.1 cm³/mol. The zero-order valence-electron chi connectivity index (χ0n) is 13.1. The van der Waals surface area contributed by atoms with Crippen LogP contribution in [0.4, 0.5) is 0 Å². The van der Waals surface area contributed by atoms with Gasteiger partial charge >= 0.3 is 5.97 Å². The molecule has 7 nitrogen and oxygen atoms in total. The summed E-state index contributed by atoms with van der Waals surface area (Å²) in [6.07, 6.45) is 1.48. The van der Waals surface area contributed by atoms with E-state index < -0.39 is 5.97 Å². The number of amides is 1. The summed E-state index contributed by atoms with van der Waals surface area (Å²) in [6.45, 7) is 2.34. The molecule has 2 heterocycles. The van der Waals surface area contributed by atoms with Gasteiger partial charge in [-0.1, -0.05) is 27.2 Å². The van der Waals surface area contributed by atoms with Gasteiger partial charge in [0.25, 0.3) is 5.91 Å². The number of carbonyl (C=O) groups is 2. The summed E-state index contributed by atoms with van der Waals surface area (Å²) in [6, 6.07) is 7.28. The normalized spacial score (nSPS) is 17.2. The topological polar surface area (TPSA) is 88.3 Å². The van der Waals surface area contributed by atoms with Crippen molar-refractivity contribution in [1.29, 1.82) is 0 Å². The van der Waals surface area contributed by atoms with Crippen molar-refractivity contribution in [2.75, 3.05) is 6.54 Å². The lowest BCUT2D eigenvalue weighted by Crippen LogP contribution is -2.37. The van der Waals surface area contributed by atoms with Gasteiger partial charge in [-0.25, -0.2) is 4.68 Å². The van der Waals surface area contributed by atoms with E-state index >= 15 is 0 Å². The van der Waals surface area contributed by atoms with E-state index in [4.69, 9.17) is 5.11 Å². The van der Waals surface area contributed by atoms with E-state index in [2.05, 4.69) is 26.2 Å². The fourth-order valence-electron chi connectivity index (χ4n) is 3.03. The third-order valence-corrected chi connectivity index (χ3v) is 4.69. The second kappa shape index (κ2) is 6.72. The van der Waals surface area contributed by atoms with Crippen molar-refractivity contribution in [3.63, 3.8) is 0 Å². The molecule has 24 heavy (non-hydrogen) atoms. The molecule has 1 N–H and O–H groups in total. The SMILES string of the molecule is Cc1c(C(=O)N2CCCC2CC(=O)O)nnn1-c1cccc(Br)c1. The van der Waals surface area contributed by atoms with E-state index in [0.29, 0.717) is 18.7 Å². The van der Waals surface area contributed by atoms with Gasteiger partial charge in [0.1, 0.15) is 0 Å². The maximum atomic E-state index is 12.8. The lowest BCUT2D eigenvalue weighted by atomic mass is 10.1. The fourth-order valence-corrected chi connectivity index (χ4v) is 3.42. The molecule has 0 aliphatic carbocycles. The molecule has 3 rings (SSSR count). The summed E-state index contributed by atoms with van der Waals surface area (Å²) < 4.78 is 2.52. The quantitative estimate of drug-likeness (QED) is 0.862. The molecule has 1 unspecified atom stereocenters. The number of aromatic nitrogens is 3. The molecule has 1 aromatic heterocycles. The predicted octanol–water partition coefficient (Wildman–Crippen LogP) is 2.42. The van der Waals surface area contributed by atoms with Crippen LogP contribution in [0.15, 0.2) is 28.7 Å².